The zero-order chi connectivity index (χ0) is 10.0. The third-order valence-electron chi connectivity index (χ3n) is 1.61. The molecular weight excluding hydrogens is 239 g/mol. The first kappa shape index (κ1) is 10.2. The maximum atomic E-state index is 13.1. The van der Waals surface area contributed by atoms with Crippen molar-refractivity contribution in [2.24, 2.45) is 0 Å². The van der Waals surface area contributed by atoms with Crippen LogP contribution in [0.4, 0.5) is 4.39 Å². The molecule has 13 heavy (non-hydrogen) atoms. The van der Waals surface area contributed by atoms with Crippen molar-refractivity contribution in [3.8, 4) is 5.75 Å². The zero-order valence-electron chi connectivity index (χ0n) is 6.92. The van der Waals surface area contributed by atoms with Crippen LogP contribution in [0.3, 0.4) is 0 Å². The van der Waals surface area contributed by atoms with Crippen molar-refractivity contribution >= 4 is 21.7 Å². The van der Waals surface area contributed by atoms with E-state index in [1.165, 1.54) is 19.1 Å². The minimum atomic E-state index is -0.695. The average Bonchev–Trinajstić information content (AvgIpc) is 2.08. The van der Waals surface area contributed by atoms with Gasteiger partial charge in [0.05, 0.1) is 0 Å². The molecule has 0 spiro atoms. The standard InChI is InChI=1S/C9H8BrFO2/c1-5(12)9(10)7-4-6(13)2-3-8(7)11/h2-4,9,13H,1H3. The number of carbonyl (C=O) groups is 1. The molecule has 2 nitrogen and oxygen atoms in total. The van der Waals surface area contributed by atoms with E-state index in [0.29, 0.717) is 0 Å². The van der Waals surface area contributed by atoms with Crippen molar-refractivity contribution in [2.45, 2.75) is 11.8 Å². The van der Waals surface area contributed by atoms with Gasteiger partial charge < -0.3 is 5.11 Å². The van der Waals surface area contributed by atoms with E-state index < -0.39 is 10.6 Å². The van der Waals surface area contributed by atoms with E-state index in [1.54, 1.807) is 0 Å². The highest BCUT2D eigenvalue weighted by atomic mass is 79.9. The Morgan fingerprint density at radius 1 is 1.62 bits per heavy atom. The SMILES string of the molecule is CC(=O)C(Br)c1cc(O)ccc1F. The number of halogens is 2. The third kappa shape index (κ3) is 2.28. The van der Waals surface area contributed by atoms with Gasteiger partial charge in [0, 0.05) is 5.56 Å². The van der Waals surface area contributed by atoms with Crippen LogP contribution in [0.2, 0.25) is 0 Å². The molecule has 0 aromatic heterocycles. The first-order chi connectivity index (χ1) is 6.02. The topological polar surface area (TPSA) is 37.3 Å². The highest BCUT2D eigenvalue weighted by molar-refractivity contribution is 9.09. The first-order valence-electron chi connectivity index (χ1n) is 3.65. The number of Topliss-reactive ketones (excluding diaryl/α,β-unsaturated/α-hetero) is 1. The molecule has 0 bridgehead atoms. The predicted octanol–water partition coefficient (Wildman–Crippen LogP) is 2.56. The molecule has 0 radical (unpaired) electrons. The van der Waals surface area contributed by atoms with E-state index in [0.717, 1.165) is 6.07 Å². The normalized spacial score (nSPS) is 12.5. The summed E-state index contributed by atoms with van der Waals surface area (Å²) < 4.78 is 13.1. The highest BCUT2D eigenvalue weighted by Gasteiger charge is 2.17. The Balaban J connectivity index is 3.12. The lowest BCUT2D eigenvalue weighted by Gasteiger charge is -2.07. The molecule has 0 aliphatic carbocycles. The number of aromatic hydroxyl groups is 1. The molecule has 70 valence electrons. The molecule has 0 heterocycles. The Hall–Kier alpha value is -0.900. The molecule has 0 aliphatic rings. The van der Waals surface area contributed by atoms with Crippen LogP contribution in [0.5, 0.6) is 5.75 Å². The smallest absolute Gasteiger partial charge is 0.147 e. The van der Waals surface area contributed by atoms with Crippen molar-refractivity contribution in [1.82, 2.24) is 0 Å². The highest BCUT2D eigenvalue weighted by Crippen LogP contribution is 2.28. The second-order valence-electron chi connectivity index (χ2n) is 2.68. The number of benzene rings is 1. The van der Waals surface area contributed by atoms with Crippen LogP contribution in [0.15, 0.2) is 18.2 Å². The van der Waals surface area contributed by atoms with Crippen LogP contribution in [0, 0.1) is 5.82 Å². The van der Waals surface area contributed by atoms with Crippen LogP contribution in [0.25, 0.3) is 0 Å². The van der Waals surface area contributed by atoms with Crippen molar-refractivity contribution in [1.29, 1.82) is 0 Å². The fourth-order valence-electron chi connectivity index (χ4n) is 0.944. The van der Waals surface area contributed by atoms with Crippen LogP contribution >= 0.6 is 15.9 Å². The van der Waals surface area contributed by atoms with Gasteiger partial charge in [-0.05, 0) is 25.1 Å². The second kappa shape index (κ2) is 3.87. The van der Waals surface area contributed by atoms with E-state index >= 15 is 0 Å². The number of hydrogen-bond donors (Lipinski definition) is 1. The van der Waals surface area contributed by atoms with Gasteiger partial charge in [0.1, 0.15) is 22.2 Å². The Labute approximate surface area is 83.5 Å². The quantitative estimate of drug-likeness (QED) is 0.815. The molecule has 1 aromatic carbocycles. The molecule has 1 atom stereocenters. The van der Waals surface area contributed by atoms with Gasteiger partial charge in [0.25, 0.3) is 0 Å². The molecule has 0 amide bonds. The maximum absolute atomic E-state index is 13.1. The van der Waals surface area contributed by atoms with Gasteiger partial charge >= 0.3 is 0 Å². The summed E-state index contributed by atoms with van der Waals surface area (Å²) in [5.41, 5.74) is 0.160. The van der Waals surface area contributed by atoms with Crippen molar-refractivity contribution in [3.05, 3.63) is 29.6 Å². The molecule has 0 saturated heterocycles. The van der Waals surface area contributed by atoms with E-state index in [9.17, 15) is 9.18 Å². The second-order valence-corrected chi connectivity index (χ2v) is 3.59. The Morgan fingerprint density at radius 2 is 2.23 bits per heavy atom. The molecular formula is C9H8BrFO2. The largest absolute Gasteiger partial charge is 0.508 e. The monoisotopic (exact) mass is 246 g/mol. The lowest BCUT2D eigenvalue weighted by Crippen LogP contribution is -2.03. The van der Waals surface area contributed by atoms with Gasteiger partial charge in [0.15, 0.2) is 0 Å². The predicted molar refractivity (Wildman–Crippen MR) is 50.4 cm³/mol. The number of phenolic OH excluding ortho intramolecular Hbond substituents is 1. The molecule has 0 saturated carbocycles. The van der Waals surface area contributed by atoms with E-state index in [1.807, 2.05) is 0 Å². The third-order valence-corrected chi connectivity index (χ3v) is 2.75. The number of ketones is 1. The summed E-state index contributed by atoms with van der Waals surface area (Å²) in [6.45, 7) is 1.35. The average molecular weight is 247 g/mol. The van der Waals surface area contributed by atoms with Crippen LogP contribution in [-0.4, -0.2) is 10.9 Å². The van der Waals surface area contributed by atoms with Gasteiger partial charge in [-0.1, -0.05) is 15.9 Å². The summed E-state index contributed by atoms with van der Waals surface area (Å²) in [6.07, 6.45) is 0. The molecule has 1 unspecified atom stereocenters. The minimum absolute atomic E-state index is 0.0536. The van der Waals surface area contributed by atoms with E-state index in [-0.39, 0.29) is 17.1 Å². The molecule has 4 heteroatoms. The fourth-order valence-corrected chi connectivity index (χ4v) is 1.30. The van der Waals surface area contributed by atoms with Gasteiger partial charge in [-0.2, -0.15) is 0 Å². The summed E-state index contributed by atoms with van der Waals surface area (Å²) in [7, 11) is 0. The van der Waals surface area contributed by atoms with Gasteiger partial charge in [-0.25, -0.2) is 4.39 Å². The van der Waals surface area contributed by atoms with Crippen LogP contribution in [0.1, 0.15) is 17.3 Å². The summed E-state index contributed by atoms with van der Waals surface area (Å²) >= 11 is 3.03. The van der Waals surface area contributed by atoms with Crippen LogP contribution in [-0.2, 0) is 4.79 Å². The number of phenols is 1. The molecule has 1 N–H and O–H groups in total. The maximum Gasteiger partial charge on any atom is 0.147 e. The van der Waals surface area contributed by atoms with E-state index in [4.69, 9.17) is 5.11 Å². The summed E-state index contributed by atoms with van der Waals surface area (Å²) in [5, 5.41) is 9.07. The van der Waals surface area contributed by atoms with E-state index in [2.05, 4.69) is 15.9 Å². The molecule has 1 aromatic rings. The lowest BCUT2D eigenvalue weighted by molar-refractivity contribution is -0.116. The first-order valence-corrected chi connectivity index (χ1v) is 4.57. The lowest BCUT2D eigenvalue weighted by atomic mass is 10.1. The van der Waals surface area contributed by atoms with Crippen molar-refractivity contribution in [2.75, 3.05) is 0 Å². The summed E-state index contributed by atoms with van der Waals surface area (Å²) in [6, 6.07) is 3.59. The molecule has 1 rings (SSSR count). The Bertz CT molecular complexity index is 338. The zero-order valence-corrected chi connectivity index (χ0v) is 8.51. The molecule has 0 aliphatic heterocycles. The van der Waals surface area contributed by atoms with Gasteiger partial charge in [0.2, 0.25) is 0 Å². The van der Waals surface area contributed by atoms with Gasteiger partial charge in [-0.15, -0.1) is 0 Å². The number of hydrogen-bond acceptors (Lipinski definition) is 2. The minimum Gasteiger partial charge on any atom is -0.508 e. The fraction of sp³-hybridized carbons (Fsp3) is 0.222. The number of alkyl halides is 1. The summed E-state index contributed by atoms with van der Waals surface area (Å²) in [4.78, 5) is 10.2. The number of rotatable bonds is 2. The Morgan fingerprint density at radius 3 is 2.77 bits per heavy atom. The number of carbonyl (C=O) groups excluding carboxylic acids is 1. The van der Waals surface area contributed by atoms with Gasteiger partial charge in [-0.3, -0.25) is 4.79 Å². The molecule has 0 fully saturated rings. The summed E-state index contributed by atoms with van der Waals surface area (Å²) in [5.74, 6) is -0.763. The Kier molecular flexibility index (Phi) is 3.03. The van der Waals surface area contributed by atoms with Crippen molar-refractivity contribution < 1.29 is 14.3 Å². The van der Waals surface area contributed by atoms with Crippen molar-refractivity contribution in [3.63, 3.8) is 0 Å². The van der Waals surface area contributed by atoms with Crippen LogP contribution < -0.4 is 0 Å².